The van der Waals surface area contributed by atoms with Gasteiger partial charge in [0, 0.05) is 18.8 Å². The molecular formula is C14H20N2O3. The molecule has 0 radical (unpaired) electrons. The minimum Gasteiger partial charge on any atom is -0.506 e. The Morgan fingerprint density at radius 3 is 2.68 bits per heavy atom. The molecule has 1 saturated carbocycles. The molecule has 0 spiro atoms. The van der Waals surface area contributed by atoms with Crippen molar-refractivity contribution >= 4 is 5.91 Å². The van der Waals surface area contributed by atoms with Crippen molar-refractivity contribution < 1.29 is 15.0 Å². The number of aromatic nitrogens is 1. The summed E-state index contributed by atoms with van der Waals surface area (Å²) >= 11 is 0. The van der Waals surface area contributed by atoms with Crippen LogP contribution in [-0.4, -0.2) is 45.2 Å². The second-order valence-corrected chi connectivity index (χ2v) is 4.95. The summed E-state index contributed by atoms with van der Waals surface area (Å²) in [4.78, 5) is 18.0. The Morgan fingerprint density at radius 1 is 1.32 bits per heavy atom. The van der Waals surface area contributed by atoms with Gasteiger partial charge in [-0.3, -0.25) is 9.78 Å². The minimum atomic E-state index is -0.163. The third-order valence-electron chi connectivity index (χ3n) is 3.59. The first-order chi connectivity index (χ1) is 9.22. The maximum Gasteiger partial charge on any atom is 0.255 e. The van der Waals surface area contributed by atoms with Crippen LogP contribution in [0, 0.1) is 0 Å². The van der Waals surface area contributed by atoms with Crippen LogP contribution in [0.15, 0.2) is 18.5 Å². The van der Waals surface area contributed by atoms with Gasteiger partial charge in [-0.1, -0.05) is 19.3 Å². The zero-order valence-corrected chi connectivity index (χ0v) is 11.0. The van der Waals surface area contributed by atoms with Gasteiger partial charge in [0.25, 0.3) is 5.91 Å². The molecule has 1 aliphatic carbocycles. The maximum absolute atomic E-state index is 12.4. The van der Waals surface area contributed by atoms with Gasteiger partial charge in [0.1, 0.15) is 5.75 Å². The first kappa shape index (κ1) is 13.8. The van der Waals surface area contributed by atoms with E-state index in [9.17, 15) is 9.90 Å². The van der Waals surface area contributed by atoms with E-state index in [1.54, 1.807) is 4.90 Å². The standard InChI is InChI=1S/C14H20N2O3/c17-7-6-16(12-4-2-1-3-5-12)14(19)11-8-13(18)10-15-9-11/h8-10,12,17-18H,1-7H2. The Hall–Kier alpha value is -1.62. The van der Waals surface area contributed by atoms with Gasteiger partial charge in [0.15, 0.2) is 0 Å². The summed E-state index contributed by atoms with van der Waals surface area (Å²) in [5.74, 6) is -0.178. The molecule has 0 aromatic carbocycles. The van der Waals surface area contributed by atoms with Crippen LogP contribution in [0.2, 0.25) is 0 Å². The fourth-order valence-electron chi connectivity index (χ4n) is 2.66. The average Bonchev–Trinajstić information content (AvgIpc) is 2.45. The molecule has 1 aromatic heterocycles. The SMILES string of the molecule is O=C(c1cncc(O)c1)N(CCO)C1CCCCC1. The smallest absolute Gasteiger partial charge is 0.255 e. The molecule has 0 unspecified atom stereocenters. The third-order valence-corrected chi connectivity index (χ3v) is 3.59. The topological polar surface area (TPSA) is 73.7 Å². The lowest BCUT2D eigenvalue weighted by Gasteiger charge is -2.34. The molecule has 0 saturated heterocycles. The van der Waals surface area contributed by atoms with Crippen molar-refractivity contribution in [2.45, 2.75) is 38.1 Å². The highest BCUT2D eigenvalue weighted by Gasteiger charge is 2.26. The number of carbonyl (C=O) groups is 1. The van der Waals surface area contributed by atoms with E-state index < -0.39 is 0 Å². The monoisotopic (exact) mass is 264 g/mol. The predicted molar refractivity (Wildman–Crippen MR) is 70.9 cm³/mol. The van der Waals surface area contributed by atoms with Crippen molar-refractivity contribution in [3.63, 3.8) is 0 Å². The third kappa shape index (κ3) is 3.44. The lowest BCUT2D eigenvalue weighted by Crippen LogP contribution is -2.43. The van der Waals surface area contributed by atoms with Crippen LogP contribution in [0.1, 0.15) is 42.5 Å². The van der Waals surface area contributed by atoms with E-state index in [4.69, 9.17) is 5.11 Å². The average molecular weight is 264 g/mol. The maximum atomic E-state index is 12.4. The molecule has 1 aromatic rings. The fraction of sp³-hybridized carbons (Fsp3) is 0.571. The molecule has 2 rings (SSSR count). The van der Waals surface area contributed by atoms with Gasteiger partial charge in [0.05, 0.1) is 18.4 Å². The summed E-state index contributed by atoms with van der Waals surface area (Å²) in [6.45, 7) is 0.285. The number of nitrogens with zero attached hydrogens (tertiary/aromatic N) is 2. The molecule has 1 amide bonds. The lowest BCUT2D eigenvalue weighted by atomic mass is 9.93. The van der Waals surface area contributed by atoms with Crippen molar-refractivity contribution in [3.8, 4) is 5.75 Å². The number of pyridine rings is 1. The Morgan fingerprint density at radius 2 is 2.05 bits per heavy atom. The van der Waals surface area contributed by atoms with Crippen molar-refractivity contribution in [2.24, 2.45) is 0 Å². The van der Waals surface area contributed by atoms with Crippen LogP contribution in [0.5, 0.6) is 5.75 Å². The normalized spacial score (nSPS) is 16.3. The van der Waals surface area contributed by atoms with Crippen molar-refractivity contribution in [3.05, 3.63) is 24.0 Å². The number of hydrogen-bond donors (Lipinski definition) is 2. The molecule has 0 bridgehead atoms. The van der Waals surface area contributed by atoms with Gasteiger partial charge in [-0.05, 0) is 18.9 Å². The number of carbonyl (C=O) groups excluding carboxylic acids is 1. The van der Waals surface area contributed by atoms with Gasteiger partial charge in [-0.25, -0.2) is 0 Å². The van der Waals surface area contributed by atoms with Crippen LogP contribution >= 0.6 is 0 Å². The van der Waals surface area contributed by atoms with Gasteiger partial charge in [-0.2, -0.15) is 0 Å². The highest BCUT2D eigenvalue weighted by molar-refractivity contribution is 5.94. The van der Waals surface area contributed by atoms with E-state index >= 15 is 0 Å². The Bertz CT molecular complexity index is 430. The number of rotatable bonds is 4. The van der Waals surface area contributed by atoms with Gasteiger partial charge < -0.3 is 15.1 Å². The predicted octanol–water partition coefficient (Wildman–Crippen LogP) is 1.55. The molecule has 5 heteroatoms. The van der Waals surface area contributed by atoms with Gasteiger partial charge >= 0.3 is 0 Å². The van der Waals surface area contributed by atoms with E-state index in [1.165, 1.54) is 24.9 Å². The summed E-state index contributed by atoms with van der Waals surface area (Å²) in [7, 11) is 0. The summed E-state index contributed by atoms with van der Waals surface area (Å²) in [6.07, 6.45) is 8.18. The molecule has 1 heterocycles. The van der Waals surface area contributed by atoms with E-state index in [2.05, 4.69) is 4.98 Å². The fourth-order valence-corrected chi connectivity index (χ4v) is 2.66. The lowest BCUT2D eigenvalue weighted by molar-refractivity contribution is 0.0584. The Balaban J connectivity index is 2.15. The molecule has 1 aliphatic rings. The molecule has 0 atom stereocenters. The molecule has 19 heavy (non-hydrogen) atoms. The molecular weight excluding hydrogens is 244 g/mol. The highest BCUT2D eigenvalue weighted by Crippen LogP contribution is 2.24. The van der Waals surface area contributed by atoms with E-state index in [0.29, 0.717) is 12.1 Å². The largest absolute Gasteiger partial charge is 0.506 e. The van der Waals surface area contributed by atoms with Gasteiger partial charge in [-0.15, -0.1) is 0 Å². The minimum absolute atomic E-state index is 0.0153. The van der Waals surface area contributed by atoms with Crippen molar-refractivity contribution in [1.82, 2.24) is 9.88 Å². The molecule has 5 nitrogen and oxygen atoms in total. The van der Waals surface area contributed by atoms with Crippen LogP contribution in [0.4, 0.5) is 0 Å². The zero-order valence-electron chi connectivity index (χ0n) is 11.0. The second-order valence-electron chi connectivity index (χ2n) is 4.95. The Kier molecular flexibility index (Phi) is 4.74. The zero-order chi connectivity index (χ0) is 13.7. The number of hydrogen-bond acceptors (Lipinski definition) is 4. The second kappa shape index (κ2) is 6.52. The Labute approximate surface area is 112 Å². The molecule has 2 N–H and O–H groups in total. The number of aliphatic hydroxyl groups is 1. The number of aromatic hydroxyl groups is 1. The quantitative estimate of drug-likeness (QED) is 0.865. The van der Waals surface area contributed by atoms with Crippen LogP contribution in [0.25, 0.3) is 0 Å². The molecule has 0 aliphatic heterocycles. The summed E-state index contributed by atoms with van der Waals surface area (Å²) in [5, 5.41) is 18.6. The van der Waals surface area contributed by atoms with Crippen LogP contribution in [-0.2, 0) is 0 Å². The van der Waals surface area contributed by atoms with Crippen LogP contribution in [0.3, 0.4) is 0 Å². The summed E-state index contributed by atoms with van der Waals surface area (Å²) in [6, 6.07) is 1.61. The van der Waals surface area contributed by atoms with Crippen molar-refractivity contribution in [1.29, 1.82) is 0 Å². The van der Waals surface area contributed by atoms with E-state index in [0.717, 1.165) is 25.7 Å². The summed E-state index contributed by atoms with van der Waals surface area (Å²) in [5.41, 5.74) is 0.374. The molecule has 1 fully saturated rings. The first-order valence-corrected chi connectivity index (χ1v) is 6.78. The summed E-state index contributed by atoms with van der Waals surface area (Å²) < 4.78 is 0. The van der Waals surface area contributed by atoms with Gasteiger partial charge in [0.2, 0.25) is 0 Å². The molecule has 104 valence electrons. The highest BCUT2D eigenvalue weighted by atomic mass is 16.3. The number of amides is 1. The van der Waals surface area contributed by atoms with Crippen LogP contribution < -0.4 is 0 Å². The van der Waals surface area contributed by atoms with Crippen molar-refractivity contribution in [2.75, 3.05) is 13.2 Å². The number of aliphatic hydroxyl groups excluding tert-OH is 1. The van der Waals surface area contributed by atoms with E-state index in [1.807, 2.05) is 0 Å². The van der Waals surface area contributed by atoms with E-state index in [-0.39, 0.29) is 24.3 Å². The first-order valence-electron chi connectivity index (χ1n) is 6.78.